The van der Waals surface area contributed by atoms with Crippen LogP contribution in [0.25, 0.3) is 0 Å². The van der Waals surface area contributed by atoms with Crippen LogP contribution in [0.4, 0.5) is 0 Å². The number of halogens is 1. The lowest BCUT2D eigenvalue weighted by Crippen LogP contribution is -2.35. The van der Waals surface area contributed by atoms with Crippen LogP contribution >= 0.6 is 11.6 Å². The van der Waals surface area contributed by atoms with Crippen molar-refractivity contribution in [2.45, 2.75) is 25.6 Å². The average Bonchev–Trinajstić information content (AvgIpc) is 2.15. The smallest absolute Gasteiger partial charge is 0.334 e. The van der Waals surface area contributed by atoms with Crippen molar-refractivity contribution in [3.8, 4) is 0 Å². The molecule has 0 bridgehead atoms. The van der Waals surface area contributed by atoms with Gasteiger partial charge in [-0.25, -0.2) is 4.79 Å². The maximum atomic E-state index is 10.9. The van der Waals surface area contributed by atoms with Gasteiger partial charge in [0, 0.05) is 11.6 Å². The van der Waals surface area contributed by atoms with E-state index in [0.717, 1.165) is 6.42 Å². The number of allylic oxidation sites excluding steroid dienone is 2. The lowest BCUT2D eigenvalue weighted by Gasteiger charge is -2.24. The van der Waals surface area contributed by atoms with Crippen LogP contribution in [0.2, 0.25) is 0 Å². The van der Waals surface area contributed by atoms with Gasteiger partial charge in [0.05, 0.1) is 5.57 Å². The maximum absolute atomic E-state index is 10.9. The van der Waals surface area contributed by atoms with Crippen molar-refractivity contribution in [1.29, 1.82) is 0 Å². The molecule has 0 radical (unpaired) electrons. The van der Waals surface area contributed by atoms with Crippen molar-refractivity contribution in [2.24, 2.45) is 0 Å². The van der Waals surface area contributed by atoms with Crippen molar-refractivity contribution >= 4 is 17.6 Å². The van der Waals surface area contributed by atoms with E-state index in [4.69, 9.17) is 21.4 Å². The molecule has 0 fully saturated rings. The van der Waals surface area contributed by atoms with Gasteiger partial charge in [-0.05, 0) is 18.6 Å². The molecule has 0 heterocycles. The summed E-state index contributed by atoms with van der Waals surface area (Å²) >= 11 is 5.66. The fraction of sp³-hybridized carbons (Fsp3) is 0.500. The molecular formula is C10H13ClO4. The number of aliphatic hydroxyl groups is 1. The number of aliphatic carboxylic acids is 1. The largest absolute Gasteiger partial charge is 0.478 e. The fourth-order valence-electron chi connectivity index (χ4n) is 1.33. The van der Waals surface area contributed by atoms with Crippen LogP contribution in [0, 0.1) is 0 Å². The van der Waals surface area contributed by atoms with Gasteiger partial charge in [-0.1, -0.05) is 18.5 Å². The Hall–Kier alpha value is -0.840. The highest BCUT2D eigenvalue weighted by Gasteiger charge is 2.30. The molecule has 1 aliphatic rings. The molecule has 1 aliphatic carbocycles. The van der Waals surface area contributed by atoms with E-state index < -0.39 is 18.2 Å². The van der Waals surface area contributed by atoms with Gasteiger partial charge < -0.3 is 14.9 Å². The number of carboxylic acids is 1. The minimum Gasteiger partial charge on any atom is -0.478 e. The van der Waals surface area contributed by atoms with Gasteiger partial charge in [0.15, 0.2) is 0 Å². The Balaban J connectivity index is 2.84. The van der Waals surface area contributed by atoms with E-state index in [1.54, 1.807) is 0 Å². The summed E-state index contributed by atoms with van der Waals surface area (Å²) in [5, 5.41) is 18.7. The van der Waals surface area contributed by atoms with Crippen molar-refractivity contribution in [3.05, 3.63) is 22.8 Å². The third-order valence-corrected chi connectivity index (χ3v) is 2.22. The predicted octanol–water partition coefficient (Wildman–Crippen LogP) is 1.29. The Morgan fingerprint density at radius 3 is 2.87 bits per heavy atom. The Morgan fingerprint density at radius 1 is 1.67 bits per heavy atom. The van der Waals surface area contributed by atoms with Crippen LogP contribution in [0.15, 0.2) is 22.8 Å². The van der Waals surface area contributed by atoms with E-state index in [0.29, 0.717) is 6.61 Å². The molecule has 15 heavy (non-hydrogen) atoms. The summed E-state index contributed by atoms with van der Waals surface area (Å²) < 4.78 is 5.26. The Kier molecular flexibility index (Phi) is 4.32. The van der Waals surface area contributed by atoms with E-state index in [1.165, 1.54) is 12.2 Å². The van der Waals surface area contributed by atoms with Crippen LogP contribution < -0.4 is 0 Å². The van der Waals surface area contributed by atoms with E-state index >= 15 is 0 Å². The molecule has 0 aromatic carbocycles. The zero-order chi connectivity index (χ0) is 11.4. The van der Waals surface area contributed by atoms with Gasteiger partial charge in [-0.2, -0.15) is 0 Å². The molecule has 0 aromatic heterocycles. The van der Waals surface area contributed by atoms with Crippen LogP contribution in [-0.4, -0.2) is 35.0 Å². The van der Waals surface area contributed by atoms with Crippen LogP contribution in [0.3, 0.4) is 0 Å². The number of hydrogen-bond donors (Lipinski definition) is 2. The lowest BCUT2D eigenvalue weighted by molar-refractivity contribution is -0.135. The number of aliphatic hydroxyl groups excluding tert-OH is 1. The lowest BCUT2D eigenvalue weighted by atomic mass is 9.99. The summed E-state index contributed by atoms with van der Waals surface area (Å²) in [7, 11) is 0. The second kappa shape index (κ2) is 5.30. The third kappa shape index (κ3) is 3.06. The van der Waals surface area contributed by atoms with Crippen molar-refractivity contribution in [1.82, 2.24) is 0 Å². The quantitative estimate of drug-likeness (QED) is 0.767. The molecule has 0 saturated heterocycles. The average molecular weight is 233 g/mol. The van der Waals surface area contributed by atoms with E-state index in [-0.39, 0.29) is 10.6 Å². The highest BCUT2D eigenvalue weighted by atomic mass is 35.5. The standard InChI is InChI=1S/C10H13ClO4/c1-2-3-15-9-7(10(13)14)4-6(11)5-8(9)12/h4-5,8-9,12H,2-3H2,1H3,(H,13,14). The highest BCUT2D eigenvalue weighted by molar-refractivity contribution is 6.31. The molecule has 0 aromatic rings. The summed E-state index contributed by atoms with van der Waals surface area (Å²) in [6, 6.07) is 0. The Labute approximate surface area is 92.8 Å². The number of hydrogen-bond acceptors (Lipinski definition) is 3. The zero-order valence-electron chi connectivity index (χ0n) is 8.31. The normalized spacial score (nSPS) is 25.8. The summed E-state index contributed by atoms with van der Waals surface area (Å²) in [4.78, 5) is 10.9. The number of rotatable bonds is 4. The van der Waals surface area contributed by atoms with Gasteiger partial charge in [0.1, 0.15) is 12.2 Å². The first-order valence-corrected chi connectivity index (χ1v) is 5.06. The molecule has 84 valence electrons. The second-order valence-corrected chi connectivity index (χ2v) is 3.67. The van der Waals surface area contributed by atoms with E-state index in [2.05, 4.69) is 0 Å². The first-order chi connectivity index (χ1) is 7.06. The van der Waals surface area contributed by atoms with Crippen molar-refractivity contribution in [2.75, 3.05) is 6.61 Å². The first kappa shape index (κ1) is 12.2. The van der Waals surface area contributed by atoms with Gasteiger partial charge >= 0.3 is 5.97 Å². The first-order valence-electron chi connectivity index (χ1n) is 4.68. The Bertz CT molecular complexity index is 309. The molecule has 2 N–H and O–H groups in total. The highest BCUT2D eigenvalue weighted by Crippen LogP contribution is 2.23. The van der Waals surface area contributed by atoms with Crippen LogP contribution in [0.1, 0.15) is 13.3 Å². The molecule has 4 nitrogen and oxygen atoms in total. The van der Waals surface area contributed by atoms with Gasteiger partial charge in [-0.3, -0.25) is 0 Å². The van der Waals surface area contributed by atoms with Crippen LogP contribution in [0.5, 0.6) is 0 Å². The minimum atomic E-state index is -1.12. The van der Waals surface area contributed by atoms with E-state index in [9.17, 15) is 9.90 Å². The van der Waals surface area contributed by atoms with Gasteiger partial charge in [0.25, 0.3) is 0 Å². The second-order valence-electron chi connectivity index (χ2n) is 3.24. The molecule has 5 heteroatoms. The summed E-state index contributed by atoms with van der Waals surface area (Å²) in [6.45, 7) is 2.31. The van der Waals surface area contributed by atoms with Gasteiger partial charge in [0.2, 0.25) is 0 Å². The molecule has 0 aliphatic heterocycles. The van der Waals surface area contributed by atoms with Crippen molar-refractivity contribution < 1.29 is 19.7 Å². The predicted molar refractivity (Wildman–Crippen MR) is 55.7 cm³/mol. The molecule has 2 unspecified atom stereocenters. The molecular weight excluding hydrogens is 220 g/mol. The molecule has 0 spiro atoms. The minimum absolute atomic E-state index is 0.0107. The molecule has 0 saturated carbocycles. The van der Waals surface area contributed by atoms with Crippen molar-refractivity contribution in [3.63, 3.8) is 0 Å². The number of carboxylic acid groups (broad SMARTS) is 1. The third-order valence-electron chi connectivity index (χ3n) is 1.99. The number of ether oxygens (including phenoxy) is 1. The topological polar surface area (TPSA) is 66.8 Å². The van der Waals surface area contributed by atoms with Gasteiger partial charge in [-0.15, -0.1) is 0 Å². The molecule has 0 amide bonds. The van der Waals surface area contributed by atoms with E-state index in [1.807, 2.05) is 6.92 Å². The molecule has 1 rings (SSSR count). The summed E-state index contributed by atoms with van der Waals surface area (Å²) in [5.41, 5.74) is -0.0107. The monoisotopic (exact) mass is 232 g/mol. The summed E-state index contributed by atoms with van der Waals surface area (Å²) in [5.74, 6) is -1.12. The SMILES string of the molecule is CCCOC1C(C(=O)O)=CC(Cl)=CC1O. The Morgan fingerprint density at radius 2 is 2.33 bits per heavy atom. The maximum Gasteiger partial charge on any atom is 0.334 e. The van der Waals surface area contributed by atoms with Crippen LogP contribution in [-0.2, 0) is 9.53 Å². The fourth-order valence-corrected chi connectivity index (χ4v) is 1.58. The number of carbonyl (C=O) groups is 1. The summed E-state index contributed by atoms with van der Waals surface area (Å²) in [6.07, 6.45) is 1.60. The zero-order valence-corrected chi connectivity index (χ0v) is 9.07. The molecule has 2 atom stereocenters.